The maximum absolute atomic E-state index is 8.71. The van der Waals surface area contributed by atoms with Gasteiger partial charge in [0.25, 0.3) is 0 Å². The van der Waals surface area contributed by atoms with E-state index in [1.54, 1.807) is 12.1 Å². The van der Waals surface area contributed by atoms with E-state index >= 15 is 0 Å². The summed E-state index contributed by atoms with van der Waals surface area (Å²) in [6.45, 7) is 0. The predicted molar refractivity (Wildman–Crippen MR) is 59.2 cm³/mol. The maximum atomic E-state index is 8.71. The van der Waals surface area contributed by atoms with Crippen LogP contribution in [0, 0.1) is 11.3 Å². The summed E-state index contributed by atoms with van der Waals surface area (Å²) in [6, 6.07) is 7.53. The molecule has 0 unspecified atom stereocenters. The van der Waals surface area contributed by atoms with E-state index < -0.39 is 0 Å². The number of halogens is 1. The molecule has 2 aromatic rings. The molecule has 68 valence electrons. The second-order valence-corrected chi connectivity index (χ2v) is 3.95. The first-order valence-corrected chi connectivity index (χ1v) is 5.16. The van der Waals surface area contributed by atoms with Crippen molar-refractivity contribution >= 4 is 39.2 Å². The molecule has 1 heterocycles. The summed E-state index contributed by atoms with van der Waals surface area (Å²) in [7, 11) is 0. The van der Waals surface area contributed by atoms with Crippen LogP contribution in [0.3, 0.4) is 0 Å². The second-order valence-electron chi connectivity index (χ2n) is 2.64. The lowest BCUT2D eigenvalue weighted by Crippen LogP contribution is -1.72. The normalized spacial score (nSPS) is 10.9. The Hall–Kier alpha value is -1.37. The molecule has 14 heavy (non-hydrogen) atoms. The van der Waals surface area contributed by atoms with Crippen molar-refractivity contribution in [1.29, 1.82) is 5.26 Å². The molecule has 1 aromatic heterocycles. The zero-order valence-electron chi connectivity index (χ0n) is 7.07. The number of nitrogens with zero attached hydrogens (tertiary/aromatic N) is 2. The Morgan fingerprint density at radius 2 is 2.36 bits per heavy atom. The van der Waals surface area contributed by atoms with Crippen LogP contribution in [0.4, 0.5) is 0 Å². The van der Waals surface area contributed by atoms with Crippen molar-refractivity contribution < 1.29 is 0 Å². The van der Waals surface area contributed by atoms with Crippen LogP contribution in [0.1, 0.15) is 10.6 Å². The van der Waals surface area contributed by atoms with E-state index in [1.165, 1.54) is 16.9 Å². The Balaban J connectivity index is 2.61. The Kier molecular flexibility index (Phi) is 2.49. The zero-order chi connectivity index (χ0) is 9.97. The molecule has 0 atom stereocenters. The Labute approximate surface area is 90.1 Å². The van der Waals surface area contributed by atoms with Gasteiger partial charge in [0, 0.05) is 5.54 Å². The highest BCUT2D eigenvalue weighted by atomic mass is 35.5. The number of benzene rings is 1. The number of aromatic nitrogens is 1. The molecular weight excluding hydrogens is 216 g/mol. The summed E-state index contributed by atoms with van der Waals surface area (Å²) in [5.74, 6) is 0. The van der Waals surface area contributed by atoms with Crippen molar-refractivity contribution in [3.8, 4) is 6.07 Å². The van der Waals surface area contributed by atoms with E-state index in [0.717, 1.165) is 15.2 Å². The van der Waals surface area contributed by atoms with Gasteiger partial charge in [-0.25, -0.2) is 4.98 Å². The van der Waals surface area contributed by atoms with Crippen molar-refractivity contribution in [2.45, 2.75) is 0 Å². The van der Waals surface area contributed by atoms with Crippen LogP contribution < -0.4 is 0 Å². The number of fused-ring (bicyclic) bond motifs is 1. The van der Waals surface area contributed by atoms with Crippen LogP contribution in [0.25, 0.3) is 16.3 Å². The minimum atomic E-state index is 0.655. The molecule has 0 bridgehead atoms. The highest BCUT2D eigenvalue weighted by Crippen LogP contribution is 2.23. The number of thiazole rings is 1. The third-order valence-corrected chi connectivity index (χ3v) is 2.85. The van der Waals surface area contributed by atoms with Crippen molar-refractivity contribution in [2.75, 3.05) is 0 Å². The first-order chi connectivity index (χ1) is 6.83. The van der Waals surface area contributed by atoms with Crippen molar-refractivity contribution in [2.24, 2.45) is 0 Å². The van der Waals surface area contributed by atoms with Crippen LogP contribution in [-0.2, 0) is 0 Å². The van der Waals surface area contributed by atoms with Crippen LogP contribution in [0.5, 0.6) is 0 Å². The van der Waals surface area contributed by atoms with Gasteiger partial charge in [-0.15, -0.1) is 11.3 Å². The fourth-order valence-corrected chi connectivity index (χ4v) is 2.24. The second kappa shape index (κ2) is 3.79. The first-order valence-electron chi connectivity index (χ1n) is 3.91. The van der Waals surface area contributed by atoms with Crippen LogP contribution in [0.15, 0.2) is 23.7 Å². The van der Waals surface area contributed by atoms with Gasteiger partial charge >= 0.3 is 0 Å². The summed E-state index contributed by atoms with van der Waals surface area (Å²) >= 11 is 6.97. The van der Waals surface area contributed by atoms with Crippen LogP contribution >= 0.6 is 22.9 Å². The van der Waals surface area contributed by atoms with Gasteiger partial charge in [-0.05, 0) is 24.3 Å². The fraction of sp³-hybridized carbons (Fsp3) is 0. The maximum Gasteiger partial charge on any atom is 0.118 e. The molecule has 1 aromatic carbocycles. The minimum absolute atomic E-state index is 0.655. The van der Waals surface area contributed by atoms with E-state index in [9.17, 15) is 0 Å². The highest BCUT2D eigenvalue weighted by Gasteiger charge is 2.01. The summed E-state index contributed by atoms with van der Waals surface area (Å²) in [5.41, 5.74) is 2.99. The van der Waals surface area contributed by atoms with Gasteiger partial charge in [-0.2, -0.15) is 5.26 Å². The largest absolute Gasteiger partial charge is 0.237 e. The summed E-state index contributed by atoms with van der Waals surface area (Å²) in [4.78, 5) is 4.32. The van der Waals surface area contributed by atoms with E-state index in [1.807, 2.05) is 12.1 Å². The molecular formula is C10H5ClN2S. The van der Waals surface area contributed by atoms with Gasteiger partial charge < -0.3 is 0 Å². The van der Waals surface area contributed by atoms with Gasteiger partial charge in [0.05, 0.1) is 21.8 Å². The smallest absolute Gasteiger partial charge is 0.118 e. The fourth-order valence-electron chi connectivity index (χ4n) is 1.14. The van der Waals surface area contributed by atoms with Crippen molar-refractivity contribution in [1.82, 2.24) is 4.98 Å². The van der Waals surface area contributed by atoms with E-state index in [-0.39, 0.29) is 0 Å². The zero-order valence-corrected chi connectivity index (χ0v) is 8.64. The molecule has 0 saturated heterocycles. The molecule has 2 rings (SSSR count). The molecule has 0 N–H and O–H groups in total. The lowest BCUT2D eigenvalue weighted by atomic mass is 10.2. The van der Waals surface area contributed by atoms with Gasteiger partial charge in [0.2, 0.25) is 0 Å². The molecule has 0 aliphatic heterocycles. The highest BCUT2D eigenvalue weighted by molar-refractivity contribution is 7.19. The number of rotatable bonds is 1. The summed E-state index contributed by atoms with van der Waals surface area (Å²) in [5, 5.41) is 9.56. The third kappa shape index (κ3) is 1.63. The Morgan fingerprint density at radius 1 is 1.50 bits per heavy atom. The lowest BCUT2D eigenvalue weighted by molar-refractivity contribution is 1.45. The molecule has 2 nitrogen and oxygen atoms in total. The summed E-state index contributed by atoms with van der Waals surface area (Å²) in [6.07, 6.45) is 1.73. The number of hydrogen-bond donors (Lipinski definition) is 0. The molecule has 4 heteroatoms. The lowest BCUT2D eigenvalue weighted by Gasteiger charge is -1.86. The molecule has 0 amide bonds. The van der Waals surface area contributed by atoms with Crippen LogP contribution in [0.2, 0.25) is 0 Å². The molecule has 0 fully saturated rings. The molecule has 0 radical (unpaired) electrons. The first kappa shape index (κ1) is 9.20. The quantitative estimate of drug-likeness (QED) is 0.739. The topological polar surface area (TPSA) is 36.7 Å². The average Bonchev–Trinajstić information content (AvgIpc) is 2.59. The number of hydrogen-bond acceptors (Lipinski definition) is 3. The molecule has 0 saturated carbocycles. The molecule has 0 aliphatic carbocycles. The van der Waals surface area contributed by atoms with Crippen LogP contribution in [-0.4, -0.2) is 4.98 Å². The third-order valence-electron chi connectivity index (χ3n) is 1.74. The monoisotopic (exact) mass is 220 g/mol. The van der Waals surface area contributed by atoms with Gasteiger partial charge in [-0.1, -0.05) is 11.6 Å². The molecule has 0 aliphatic rings. The van der Waals surface area contributed by atoms with Gasteiger partial charge in [0.15, 0.2) is 0 Å². The van der Waals surface area contributed by atoms with E-state index in [0.29, 0.717) is 5.56 Å². The standard InChI is InChI=1S/C10H5ClN2S/c11-4-3-10-13-8-2-1-7(6-12)5-9(8)14-10/h1-5H. The Bertz CT molecular complexity index is 537. The van der Waals surface area contributed by atoms with Crippen molar-refractivity contribution in [3.63, 3.8) is 0 Å². The summed E-state index contributed by atoms with van der Waals surface area (Å²) < 4.78 is 1.01. The number of nitriles is 1. The van der Waals surface area contributed by atoms with E-state index in [4.69, 9.17) is 16.9 Å². The SMILES string of the molecule is N#Cc1ccc2nc(C=CCl)sc2c1. The van der Waals surface area contributed by atoms with Gasteiger partial charge in [-0.3, -0.25) is 0 Å². The minimum Gasteiger partial charge on any atom is -0.237 e. The van der Waals surface area contributed by atoms with Gasteiger partial charge in [0.1, 0.15) is 5.01 Å². The average molecular weight is 221 g/mol. The van der Waals surface area contributed by atoms with E-state index in [2.05, 4.69) is 11.1 Å². The molecule has 0 spiro atoms. The predicted octanol–water partition coefficient (Wildman–Crippen LogP) is 3.38. The van der Waals surface area contributed by atoms with Crippen molar-refractivity contribution in [3.05, 3.63) is 34.3 Å². The Morgan fingerprint density at radius 3 is 3.07 bits per heavy atom.